The van der Waals surface area contributed by atoms with Crippen molar-refractivity contribution in [3.63, 3.8) is 0 Å². The standard InChI is InChI=1S/C14H20BrNO/c15-9-11-16(13-7-8-13)10-4-12-17-14-5-2-1-3-6-14/h1-3,5-6,13H,4,7-12H2. The largest absolute Gasteiger partial charge is 0.494 e. The molecular weight excluding hydrogens is 278 g/mol. The molecule has 0 spiro atoms. The SMILES string of the molecule is BrCCN(CCCOc1ccccc1)C1CC1. The van der Waals surface area contributed by atoms with Gasteiger partial charge in [-0.2, -0.15) is 0 Å². The summed E-state index contributed by atoms with van der Waals surface area (Å²) in [6.45, 7) is 3.13. The molecule has 2 nitrogen and oxygen atoms in total. The molecule has 2 rings (SSSR count). The summed E-state index contributed by atoms with van der Waals surface area (Å²) in [7, 11) is 0. The molecule has 17 heavy (non-hydrogen) atoms. The van der Waals surface area contributed by atoms with Gasteiger partial charge < -0.3 is 4.74 Å². The van der Waals surface area contributed by atoms with E-state index in [0.717, 1.165) is 43.2 Å². The number of nitrogens with zero attached hydrogens (tertiary/aromatic N) is 1. The predicted octanol–water partition coefficient (Wildman–Crippen LogP) is 3.31. The summed E-state index contributed by atoms with van der Waals surface area (Å²) in [6, 6.07) is 10.9. The second kappa shape index (κ2) is 7.02. The molecule has 0 unspecified atom stereocenters. The number of ether oxygens (including phenoxy) is 1. The van der Waals surface area contributed by atoms with Crippen LogP contribution in [0.25, 0.3) is 0 Å². The third-order valence-corrected chi connectivity index (χ3v) is 3.39. The Kier molecular flexibility index (Phi) is 5.33. The molecule has 0 aromatic heterocycles. The fourth-order valence-electron chi connectivity index (χ4n) is 2.00. The molecule has 0 aliphatic heterocycles. The normalized spacial score (nSPS) is 15.2. The zero-order valence-electron chi connectivity index (χ0n) is 10.1. The first kappa shape index (κ1) is 12.9. The van der Waals surface area contributed by atoms with Gasteiger partial charge in [-0.15, -0.1) is 0 Å². The minimum Gasteiger partial charge on any atom is -0.494 e. The van der Waals surface area contributed by atoms with E-state index in [1.807, 2.05) is 30.3 Å². The lowest BCUT2D eigenvalue weighted by atomic mass is 10.3. The van der Waals surface area contributed by atoms with E-state index in [2.05, 4.69) is 20.8 Å². The lowest BCUT2D eigenvalue weighted by Gasteiger charge is -2.20. The predicted molar refractivity (Wildman–Crippen MR) is 74.9 cm³/mol. The highest BCUT2D eigenvalue weighted by Crippen LogP contribution is 2.26. The first-order chi connectivity index (χ1) is 8.40. The van der Waals surface area contributed by atoms with Crippen molar-refractivity contribution in [3.05, 3.63) is 30.3 Å². The molecule has 0 bridgehead atoms. The van der Waals surface area contributed by atoms with Gasteiger partial charge in [0.15, 0.2) is 0 Å². The Morgan fingerprint density at radius 2 is 1.94 bits per heavy atom. The molecule has 0 atom stereocenters. The number of halogens is 1. The number of hydrogen-bond acceptors (Lipinski definition) is 2. The minimum atomic E-state index is 0.815. The van der Waals surface area contributed by atoms with E-state index in [4.69, 9.17) is 4.74 Å². The van der Waals surface area contributed by atoms with Gasteiger partial charge >= 0.3 is 0 Å². The van der Waals surface area contributed by atoms with Gasteiger partial charge in [-0.25, -0.2) is 0 Å². The highest BCUT2D eigenvalue weighted by molar-refractivity contribution is 9.09. The molecular formula is C14H20BrNO. The fourth-order valence-corrected chi connectivity index (χ4v) is 2.46. The smallest absolute Gasteiger partial charge is 0.119 e. The molecule has 0 saturated heterocycles. The summed E-state index contributed by atoms with van der Waals surface area (Å²) in [5.41, 5.74) is 0. The fraction of sp³-hybridized carbons (Fsp3) is 0.571. The van der Waals surface area contributed by atoms with E-state index in [9.17, 15) is 0 Å². The molecule has 0 amide bonds. The van der Waals surface area contributed by atoms with Gasteiger partial charge in [-0.1, -0.05) is 34.1 Å². The van der Waals surface area contributed by atoms with Crippen molar-refractivity contribution in [3.8, 4) is 5.75 Å². The topological polar surface area (TPSA) is 12.5 Å². The lowest BCUT2D eigenvalue weighted by molar-refractivity contribution is 0.237. The Hall–Kier alpha value is -0.540. The molecule has 0 heterocycles. The van der Waals surface area contributed by atoms with Crippen molar-refractivity contribution in [1.29, 1.82) is 0 Å². The molecule has 1 aliphatic rings. The molecule has 1 aromatic carbocycles. The Morgan fingerprint density at radius 1 is 1.18 bits per heavy atom. The maximum absolute atomic E-state index is 5.70. The molecule has 0 radical (unpaired) electrons. The number of alkyl halides is 1. The van der Waals surface area contributed by atoms with Gasteiger partial charge in [-0.3, -0.25) is 4.90 Å². The van der Waals surface area contributed by atoms with Crippen LogP contribution in [0.15, 0.2) is 30.3 Å². The number of benzene rings is 1. The van der Waals surface area contributed by atoms with Crippen molar-refractivity contribution >= 4 is 15.9 Å². The summed E-state index contributed by atoms with van der Waals surface area (Å²) < 4.78 is 5.70. The van der Waals surface area contributed by atoms with Crippen LogP contribution in [-0.2, 0) is 0 Å². The van der Waals surface area contributed by atoms with Crippen molar-refractivity contribution in [2.75, 3.05) is 25.0 Å². The first-order valence-electron chi connectivity index (χ1n) is 6.38. The van der Waals surface area contributed by atoms with Crippen molar-refractivity contribution in [2.45, 2.75) is 25.3 Å². The Labute approximate surface area is 112 Å². The van der Waals surface area contributed by atoms with E-state index in [0.29, 0.717) is 0 Å². The van der Waals surface area contributed by atoms with Gasteiger partial charge in [-0.05, 0) is 31.4 Å². The second-order valence-corrected chi connectivity index (χ2v) is 5.26. The van der Waals surface area contributed by atoms with E-state index in [1.165, 1.54) is 12.8 Å². The third kappa shape index (κ3) is 4.68. The zero-order chi connectivity index (χ0) is 11.9. The monoisotopic (exact) mass is 297 g/mol. The summed E-state index contributed by atoms with van der Waals surface area (Å²) in [6.07, 6.45) is 3.87. The number of para-hydroxylation sites is 1. The van der Waals surface area contributed by atoms with Crippen LogP contribution in [0.4, 0.5) is 0 Å². The van der Waals surface area contributed by atoms with E-state index >= 15 is 0 Å². The van der Waals surface area contributed by atoms with Crippen molar-refractivity contribution < 1.29 is 4.74 Å². The van der Waals surface area contributed by atoms with Gasteiger partial charge in [0.05, 0.1) is 6.61 Å². The molecule has 1 fully saturated rings. The summed E-state index contributed by atoms with van der Waals surface area (Å²) in [5.74, 6) is 0.978. The highest BCUT2D eigenvalue weighted by atomic mass is 79.9. The molecule has 3 heteroatoms. The van der Waals surface area contributed by atoms with E-state index in [-0.39, 0.29) is 0 Å². The average molecular weight is 298 g/mol. The van der Waals surface area contributed by atoms with Crippen LogP contribution in [0.2, 0.25) is 0 Å². The maximum Gasteiger partial charge on any atom is 0.119 e. The average Bonchev–Trinajstić information content (AvgIpc) is 3.19. The molecule has 1 aliphatic carbocycles. The number of hydrogen-bond donors (Lipinski definition) is 0. The highest BCUT2D eigenvalue weighted by Gasteiger charge is 2.27. The van der Waals surface area contributed by atoms with Crippen molar-refractivity contribution in [1.82, 2.24) is 4.90 Å². The third-order valence-electron chi connectivity index (χ3n) is 3.04. The number of rotatable bonds is 8. The first-order valence-corrected chi connectivity index (χ1v) is 7.50. The maximum atomic E-state index is 5.70. The van der Waals surface area contributed by atoms with Gasteiger partial charge in [0.1, 0.15) is 5.75 Å². The second-order valence-electron chi connectivity index (χ2n) is 4.47. The van der Waals surface area contributed by atoms with E-state index in [1.54, 1.807) is 0 Å². The van der Waals surface area contributed by atoms with Crippen LogP contribution >= 0.6 is 15.9 Å². The van der Waals surface area contributed by atoms with Gasteiger partial charge in [0.2, 0.25) is 0 Å². The zero-order valence-corrected chi connectivity index (χ0v) is 11.7. The molecule has 94 valence electrons. The van der Waals surface area contributed by atoms with Crippen LogP contribution in [0, 0.1) is 0 Å². The lowest BCUT2D eigenvalue weighted by Crippen LogP contribution is -2.30. The Bertz CT molecular complexity index is 313. The Balaban J connectivity index is 1.61. The van der Waals surface area contributed by atoms with Crippen LogP contribution in [0.5, 0.6) is 5.75 Å². The molecule has 1 aromatic rings. The minimum absolute atomic E-state index is 0.815. The molecule has 1 saturated carbocycles. The van der Waals surface area contributed by atoms with Gasteiger partial charge in [0.25, 0.3) is 0 Å². The van der Waals surface area contributed by atoms with Gasteiger partial charge in [0, 0.05) is 24.5 Å². The molecule has 0 N–H and O–H groups in total. The quantitative estimate of drug-likeness (QED) is 0.539. The summed E-state index contributed by atoms with van der Waals surface area (Å²) >= 11 is 3.52. The van der Waals surface area contributed by atoms with Crippen LogP contribution in [0.3, 0.4) is 0 Å². The van der Waals surface area contributed by atoms with Crippen molar-refractivity contribution in [2.24, 2.45) is 0 Å². The van der Waals surface area contributed by atoms with Crippen LogP contribution < -0.4 is 4.74 Å². The van der Waals surface area contributed by atoms with Crippen LogP contribution in [0.1, 0.15) is 19.3 Å². The summed E-state index contributed by atoms with van der Waals surface area (Å²) in [4.78, 5) is 2.57. The van der Waals surface area contributed by atoms with Crippen LogP contribution in [-0.4, -0.2) is 36.0 Å². The van der Waals surface area contributed by atoms with E-state index < -0.39 is 0 Å². The summed E-state index contributed by atoms with van der Waals surface area (Å²) in [5, 5.41) is 1.07. The Morgan fingerprint density at radius 3 is 2.59 bits per heavy atom.